The predicted octanol–water partition coefficient (Wildman–Crippen LogP) is 0.806. The normalized spacial score (nSPS) is 9.92. The van der Waals surface area contributed by atoms with Gasteiger partial charge in [-0.25, -0.2) is 0 Å². The van der Waals surface area contributed by atoms with Gasteiger partial charge in [-0.15, -0.1) is 0 Å². The fourth-order valence-corrected chi connectivity index (χ4v) is 1.59. The first-order valence-corrected chi connectivity index (χ1v) is 7.61. The maximum absolute atomic E-state index is 11.3. The summed E-state index contributed by atoms with van der Waals surface area (Å²) in [7, 11) is 0. The highest BCUT2D eigenvalue weighted by Crippen LogP contribution is 2.06. The monoisotopic (exact) mass is 360 g/mol. The number of hydrogen-bond donors (Lipinski definition) is 2. The van der Waals surface area contributed by atoms with Crippen molar-refractivity contribution in [1.29, 1.82) is 0 Å². The molecule has 0 fully saturated rings. The molecule has 0 amide bonds. The zero-order valence-corrected chi connectivity index (χ0v) is 13.5. The average Bonchev–Trinajstić information content (AvgIpc) is 2.49. The Kier molecular flexibility index (Phi) is 11.2. The van der Waals surface area contributed by atoms with Crippen LogP contribution in [0.5, 0.6) is 0 Å². The Morgan fingerprint density at radius 3 is 1.24 bits per heavy atom. The molecule has 10 heteroatoms. The summed E-state index contributed by atoms with van der Waals surface area (Å²) in [5.74, 6) is -5.58. The molecule has 0 rings (SSSR count). The Morgan fingerprint density at radius 1 is 0.480 bits per heavy atom. The second-order valence-corrected chi connectivity index (χ2v) is 5.04. The molecule has 0 aromatic heterocycles. The van der Waals surface area contributed by atoms with Gasteiger partial charge in [-0.05, 0) is 19.3 Å². The molecule has 0 bridgehead atoms. The van der Waals surface area contributed by atoms with Crippen LogP contribution in [0.4, 0.5) is 0 Å². The van der Waals surface area contributed by atoms with Crippen LogP contribution in [-0.4, -0.2) is 46.0 Å². The number of hydrogen-bond acceptors (Lipinski definition) is 8. The number of aliphatic carboxylic acids is 2. The Bertz CT molecular complexity index is 522. The Balaban J connectivity index is 3.75. The predicted molar refractivity (Wildman–Crippen MR) is 79.0 cm³/mol. The standard InChI is InChI=1S/C15H20O10/c16-10(17)4-3-7-14(22)24-12(20)5-1-2-6-13(21)25-15(23)9-8-11(18)19/h1-9H2,(H,16,17)(H,18,19). The van der Waals surface area contributed by atoms with Crippen LogP contribution in [-0.2, 0) is 38.2 Å². The average molecular weight is 360 g/mol. The number of ether oxygens (including phenoxy) is 2. The van der Waals surface area contributed by atoms with Gasteiger partial charge in [-0.1, -0.05) is 0 Å². The minimum Gasteiger partial charge on any atom is -0.481 e. The number of carbonyl (C=O) groups excluding carboxylic acids is 4. The highest BCUT2D eigenvalue weighted by atomic mass is 16.6. The second-order valence-electron chi connectivity index (χ2n) is 5.04. The van der Waals surface area contributed by atoms with Crippen LogP contribution in [0.15, 0.2) is 0 Å². The van der Waals surface area contributed by atoms with E-state index in [0.717, 1.165) is 0 Å². The van der Waals surface area contributed by atoms with Crippen molar-refractivity contribution in [1.82, 2.24) is 0 Å². The van der Waals surface area contributed by atoms with Crippen LogP contribution >= 0.6 is 0 Å². The lowest BCUT2D eigenvalue weighted by molar-refractivity contribution is -0.162. The molecule has 2 N–H and O–H groups in total. The molecule has 0 spiro atoms. The van der Waals surface area contributed by atoms with E-state index in [1.165, 1.54) is 0 Å². The number of carbonyl (C=O) groups is 6. The summed E-state index contributed by atoms with van der Waals surface area (Å²) in [4.78, 5) is 65.4. The summed E-state index contributed by atoms with van der Waals surface area (Å²) >= 11 is 0. The third-order valence-electron chi connectivity index (χ3n) is 2.78. The van der Waals surface area contributed by atoms with Crippen molar-refractivity contribution in [2.45, 2.75) is 57.8 Å². The molecule has 0 saturated carbocycles. The lowest BCUT2D eigenvalue weighted by atomic mass is 10.2. The van der Waals surface area contributed by atoms with Gasteiger partial charge in [0.15, 0.2) is 0 Å². The molecule has 0 aliphatic heterocycles. The first-order valence-electron chi connectivity index (χ1n) is 7.61. The second kappa shape index (κ2) is 12.6. The Morgan fingerprint density at radius 2 is 0.840 bits per heavy atom. The molecule has 0 radical (unpaired) electrons. The van der Waals surface area contributed by atoms with Gasteiger partial charge in [0.05, 0.1) is 12.8 Å². The summed E-state index contributed by atoms with van der Waals surface area (Å²) in [6.45, 7) is 0. The van der Waals surface area contributed by atoms with Crippen LogP contribution in [0.1, 0.15) is 57.8 Å². The zero-order chi connectivity index (χ0) is 19.2. The van der Waals surface area contributed by atoms with Gasteiger partial charge < -0.3 is 19.7 Å². The van der Waals surface area contributed by atoms with E-state index in [9.17, 15) is 28.8 Å². The van der Waals surface area contributed by atoms with E-state index in [-0.39, 0.29) is 44.9 Å². The van der Waals surface area contributed by atoms with E-state index in [4.69, 9.17) is 10.2 Å². The maximum atomic E-state index is 11.3. The topological polar surface area (TPSA) is 161 Å². The summed E-state index contributed by atoms with van der Waals surface area (Å²) in [6.07, 6.45) is -0.963. The minimum absolute atomic E-state index is 0.0726. The van der Waals surface area contributed by atoms with E-state index in [1.807, 2.05) is 0 Å². The van der Waals surface area contributed by atoms with Crippen molar-refractivity contribution < 1.29 is 48.5 Å². The molecule has 140 valence electrons. The van der Waals surface area contributed by atoms with E-state index in [0.29, 0.717) is 0 Å². The summed E-state index contributed by atoms with van der Waals surface area (Å²) in [5, 5.41) is 16.8. The third-order valence-corrected chi connectivity index (χ3v) is 2.78. The lowest BCUT2D eigenvalue weighted by Gasteiger charge is -2.03. The van der Waals surface area contributed by atoms with E-state index in [1.54, 1.807) is 0 Å². The molecule has 0 aromatic rings. The molecule has 0 aliphatic rings. The SMILES string of the molecule is O=C(O)CCCC(=O)OC(=O)CCCCC(=O)OC(=O)CCC(=O)O. The number of carboxylic acid groups (broad SMARTS) is 2. The zero-order valence-electron chi connectivity index (χ0n) is 13.5. The van der Waals surface area contributed by atoms with Crippen molar-refractivity contribution in [3.05, 3.63) is 0 Å². The van der Waals surface area contributed by atoms with Gasteiger partial charge in [0.2, 0.25) is 0 Å². The maximum Gasteiger partial charge on any atom is 0.314 e. The van der Waals surface area contributed by atoms with Crippen molar-refractivity contribution in [2.24, 2.45) is 0 Å². The number of rotatable bonds is 12. The van der Waals surface area contributed by atoms with E-state index >= 15 is 0 Å². The van der Waals surface area contributed by atoms with Gasteiger partial charge in [0, 0.05) is 25.7 Å². The van der Waals surface area contributed by atoms with Crippen LogP contribution in [0.3, 0.4) is 0 Å². The van der Waals surface area contributed by atoms with Gasteiger partial charge >= 0.3 is 35.8 Å². The molecule has 0 heterocycles. The van der Waals surface area contributed by atoms with E-state index in [2.05, 4.69) is 9.47 Å². The molecule has 10 nitrogen and oxygen atoms in total. The smallest absolute Gasteiger partial charge is 0.314 e. The summed E-state index contributed by atoms with van der Waals surface area (Å²) < 4.78 is 8.84. The summed E-state index contributed by atoms with van der Waals surface area (Å²) in [5.41, 5.74) is 0. The fourth-order valence-electron chi connectivity index (χ4n) is 1.59. The molecule has 25 heavy (non-hydrogen) atoms. The van der Waals surface area contributed by atoms with Gasteiger partial charge in [-0.3, -0.25) is 28.8 Å². The molecule has 0 unspecified atom stereocenters. The minimum atomic E-state index is -1.18. The molecule has 0 aliphatic carbocycles. The van der Waals surface area contributed by atoms with Crippen molar-refractivity contribution in [2.75, 3.05) is 0 Å². The third kappa shape index (κ3) is 14.5. The molecule has 0 atom stereocenters. The van der Waals surface area contributed by atoms with Crippen molar-refractivity contribution in [3.8, 4) is 0 Å². The first-order chi connectivity index (χ1) is 11.7. The van der Waals surface area contributed by atoms with Gasteiger partial charge in [0.25, 0.3) is 0 Å². The lowest BCUT2D eigenvalue weighted by Crippen LogP contribution is -2.14. The number of carboxylic acids is 2. The Hall–Kier alpha value is -2.78. The van der Waals surface area contributed by atoms with E-state index < -0.39 is 48.7 Å². The van der Waals surface area contributed by atoms with Crippen molar-refractivity contribution in [3.63, 3.8) is 0 Å². The van der Waals surface area contributed by atoms with Gasteiger partial charge in [-0.2, -0.15) is 0 Å². The quantitative estimate of drug-likeness (QED) is 0.289. The van der Waals surface area contributed by atoms with Crippen LogP contribution in [0, 0.1) is 0 Å². The highest BCUT2D eigenvalue weighted by Gasteiger charge is 2.14. The number of esters is 4. The van der Waals surface area contributed by atoms with Crippen LogP contribution in [0.2, 0.25) is 0 Å². The number of unbranched alkanes of at least 4 members (excludes halogenated alkanes) is 1. The molecular formula is C15H20O10. The Labute approximate surface area is 143 Å². The van der Waals surface area contributed by atoms with Crippen LogP contribution in [0.25, 0.3) is 0 Å². The van der Waals surface area contributed by atoms with Crippen molar-refractivity contribution >= 4 is 35.8 Å². The van der Waals surface area contributed by atoms with Crippen LogP contribution < -0.4 is 0 Å². The van der Waals surface area contributed by atoms with Gasteiger partial charge in [0.1, 0.15) is 0 Å². The fraction of sp³-hybridized carbons (Fsp3) is 0.600. The molecular weight excluding hydrogens is 340 g/mol. The largest absolute Gasteiger partial charge is 0.481 e. The molecule has 0 saturated heterocycles. The first kappa shape index (κ1) is 22.2. The summed E-state index contributed by atoms with van der Waals surface area (Å²) in [6, 6.07) is 0. The molecule has 0 aromatic carbocycles. The highest BCUT2D eigenvalue weighted by molar-refractivity contribution is 5.87.